The Morgan fingerprint density at radius 3 is 2.57 bits per heavy atom. The molecule has 4 heteroatoms. The first-order chi connectivity index (χ1) is 10.0. The fourth-order valence-corrected chi connectivity index (χ4v) is 3.66. The van der Waals surface area contributed by atoms with E-state index in [0.29, 0.717) is 0 Å². The number of rotatable bonds is 5. The van der Waals surface area contributed by atoms with Crippen molar-refractivity contribution < 1.29 is 4.79 Å². The molecule has 0 aromatic carbocycles. The van der Waals surface area contributed by atoms with Crippen molar-refractivity contribution in [3.05, 3.63) is 22.4 Å². The maximum absolute atomic E-state index is 12.5. The van der Waals surface area contributed by atoms with Gasteiger partial charge >= 0.3 is 0 Å². The molecule has 1 unspecified atom stereocenters. The predicted octanol–water partition coefficient (Wildman–Crippen LogP) is 3.41. The van der Waals surface area contributed by atoms with Crippen LogP contribution in [0.5, 0.6) is 0 Å². The minimum absolute atomic E-state index is 0.0709. The molecule has 1 fully saturated rings. The summed E-state index contributed by atoms with van der Waals surface area (Å²) in [6, 6.07) is 4.17. The van der Waals surface area contributed by atoms with Crippen molar-refractivity contribution in [2.75, 3.05) is 19.6 Å². The normalized spacial score (nSPS) is 18.3. The molecule has 1 saturated heterocycles. The number of hydrogen-bond donors (Lipinski definition) is 1. The van der Waals surface area contributed by atoms with Crippen molar-refractivity contribution in [2.45, 2.75) is 57.9 Å². The number of carbonyl (C=O) groups excluding carboxylic acids is 1. The third-order valence-electron chi connectivity index (χ3n) is 4.33. The second-order valence-electron chi connectivity index (χ2n) is 6.70. The topological polar surface area (TPSA) is 32.3 Å². The van der Waals surface area contributed by atoms with Crippen molar-refractivity contribution >= 4 is 17.2 Å². The highest BCUT2D eigenvalue weighted by Gasteiger charge is 2.26. The molecule has 1 amide bonds. The molecule has 1 aliphatic heterocycles. The highest BCUT2D eigenvalue weighted by atomic mass is 32.1. The van der Waals surface area contributed by atoms with E-state index in [4.69, 9.17) is 0 Å². The SMILES string of the molecule is CC(NCC(C)(C)c1cccs1)C(=O)N1CCCCCC1. The van der Waals surface area contributed by atoms with Gasteiger partial charge in [0.05, 0.1) is 6.04 Å². The Kier molecular flexibility index (Phi) is 5.82. The summed E-state index contributed by atoms with van der Waals surface area (Å²) in [4.78, 5) is 15.9. The summed E-state index contributed by atoms with van der Waals surface area (Å²) in [5.74, 6) is 0.263. The third kappa shape index (κ3) is 4.55. The summed E-state index contributed by atoms with van der Waals surface area (Å²) in [5.41, 5.74) is 0.0709. The highest BCUT2D eigenvalue weighted by Crippen LogP contribution is 2.26. The van der Waals surface area contributed by atoms with Crippen LogP contribution >= 0.6 is 11.3 Å². The van der Waals surface area contributed by atoms with Crippen molar-refractivity contribution in [1.82, 2.24) is 10.2 Å². The van der Waals surface area contributed by atoms with Crippen LogP contribution in [-0.2, 0) is 10.2 Å². The van der Waals surface area contributed by atoms with E-state index in [1.807, 2.05) is 11.8 Å². The van der Waals surface area contributed by atoms with Gasteiger partial charge < -0.3 is 10.2 Å². The molecule has 1 N–H and O–H groups in total. The van der Waals surface area contributed by atoms with Crippen LogP contribution in [0.25, 0.3) is 0 Å². The smallest absolute Gasteiger partial charge is 0.239 e. The molecule has 2 rings (SSSR count). The van der Waals surface area contributed by atoms with Gasteiger partial charge in [-0.3, -0.25) is 4.79 Å². The zero-order valence-electron chi connectivity index (χ0n) is 13.5. The Morgan fingerprint density at radius 2 is 2.00 bits per heavy atom. The summed E-state index contributed by atoms with van der Waals surface area (Å²) >= 11 is 1.79. The van der Waals surface area contributed by atoms with Crippen LogP contribution < -0.4 is 5.32 Å². The van der Waals surface area contributed by atoms with Gasteiger partial charge in [0.25, 0.3) is 0 Å². The molecule has 0 bridgehead atoms. The van der Waals surface area contributed by atoms with Crippen LogP contribution in [0.4, 0.5) is 0 Å². The lowest BCUT2D eigenvalue weighted by molar-refractivity contribution is -0.133. The average Bonchev–Trinajstić information content (AvgIpc) is 2.88. The Hall–Kier alpha value is -0.870. The van der Waals surface area contributed by atoms with Gasteiger partial charge in [-0.2, -0.15) is 0 Å². The Bertz CT molecular complexity index is 434. The zero-order chi connectivity index (χ0) is 15.3. The van der Waals surface area contributed by atoms with Crippen LogP contribution in [0, 0.1) is 0 Å². The molecule has 2 heterocycles. The first-order valence-corrected chi connectivity index (χ1v) is 8.95. The van der Waals surface area contributed by atoms with Crippen LogP contribution in [0.3, 0.4) is 0 Å². The van der Waals surface area contributed by atoms with Crippen molar-refractivity contribution in [3.8, 4) is 0 Å². The zero-order valence-corrected chi connectivity index (χ0v) is 14.3. The molecule has 0 spiro atoms. The van der Waals surface area contributed by atoms with Gasteiger partial charge in [0.1, 0.15) is 0 Å². The van der Waals surface area contributed by atoms with Crippen molar-refractivity contribution in [1.29, 1.82) is 0 Å². The molecule has 0 aliphatic carbocycles. The maximum Gasteiger partial charge on any atom is 0.239 e. The van der Waals surface area contributed by atoms with E-state index < -0.39 is 0 Å². The van der Waals surface area contributed by atoms with Gasteiger partial charge in [0.2, 0.25) is 5.91 Å². The summed E-state index contributed by atoms with van der Waals surface area (Å²) in [5, 5.41) is 5.56. The minimum atomic E-state index is -0.0951. The summed E-state index contributed by atoms with van der Waals surface area (Å²) in [6.45, 7) is 9.15. The second-order valence-corrected chi connectivity index (χ2v) is 7.65. The van der Waals surface area contributed by atoms with Gasteiger partial charge in [0, 0.05) is 29.9 Å². The largest absolute Gasteiger partial charge is 0.341 e. The quantitative estimate of drug-likeness (QED) is 0.904. The molecule has 1 atom stereocenters. The monoisotopic (exact) mass is 308 g/mol. The maximum atomic E-state index is 12.5. The molecular formula is C17H28N2OS. The molecule has 1 aromatic rings. The Labute approximate surface area is 132 Å². The summed E-state index contributed by atoms with van der Waals surface area (Å²) in [6.07, 6.45) is 4.83. The molecule has 1 aromatic heterocycles. The molecule has 1 aliphatic rings. The van der Waals surface area contributed by atoms with Gasteiger partial charge in [-0.15, -0.1) is 11.3 Å². The number of hydrogen-bond acceptors (Lipinski definition) is 3. The van der Waals surface area contributed by atoms with Gasteiger partial charge in [-0.05, 0) is 31.2 Å². The fraction of sp³-hybridized carbons (Fsp3) is 0.706. The first-order valence-electron chi connectivity index (χ1n) is 8.07. The van der Waals surface area contributed by atoms with Crippen LogP contribution in [-0.4, -0.2) is 36.5 Å². The van der Waals surface area contributed by atoms with E-state index in [9.17, 15) is 4.79 Å². The predicted molar refractivity (Wildman–Crippen MR) is 89.9 cm³/mol. The number of nitrogens with zero attached hydrogens (tertiary/aromatic N) is 1. The number of nitrogens with one attached hydrogen (secondary N) is 1. The van der Waals surface area contributed by atoms with Crippen LogP contribution in [0.15, 0.2) is 17.5 Å². The van der Waals surface area contributed by atoms with Crippen LogP contribution in [0.1, 0.15) is 51.3 Å². The van der Waals surface area contributed by atoms with E-state index in [0.717, 1.165) is 32.5 Å². The van der Waals surface area contributed by atoms with Crippen molar-refractivity contribution in [2.24, 2.45) is 0 Å². The average molecular weight is 308 g/mol. The first kappa shape index (κ1) is 16.5. The van der Waals surface area contributed by atoms with Gasteiger partial charge in [-0.25, -0.2) is 0 Å². The summed E-state index contributed by atoms with van der Waals surface area (Å²) < 4.78 is 0. The van der Waals surface area contributed by atoms with Gasteiger partial charge in [-0.1, -0.05) is 32.8 Å². The second kappa shape index (κ2) is 7.41. The lowest BCUT2D eigenvalue weighted by Gasteiger charge is -2.29. The third-order valence-corrected chi connectivity index (χ3v) is 5.56. The lowest BCUT2D eigenvalue weighted by Crippen LogP contribution is -2.48. The molecular weight excluding hydrogens is 280 g/mol. The molecule has 118 valence electrons. The highest BCUT2D eigenvalue weighted by molar-refractivity contribution is 7.10. The standard InChI is InChI=1S/C17H28N2OS/c1-14(16(20)19-10-6-4-5-7-11-19)18-13-17(2,3)15-9-8-12-21-15/h8-9,12,14,18H,4-7,10-11,13H2,1-3H3. The molecule has 3 nitrogen and oxygen atoms in total. The van der Waals surface area contributed by atoms with E-state index in [1.54, 1.807) is 11.3 Å². The molecule has 0 radical (unpaired) electrons. The van der Waals surface area contributed by atoms with Crippen LogP contribution in [0.2, 0.25) is 0 Å². The molecule has 21 heavy (non-hydrogen) atoms. The van der Waals surface area contributed by atoms with E-state index in [2.05, 4.69) is 36.7 Å². The van der Waals surface area contributed by atoms with E-state index in [-0.39, 0.29) is 17.4 Å². The molecule has 0 saturated carbocycles. The van der Waals surface area contributed by atoms with Crippen molar-refractivity contribution in [3.63, 3.8) is 0 Å². The lowest BCUT2D eigenvalue weighted by atomic mass is 9.91. The number of carbonyl (C=O) groups is 1. The number of likely N-dealkylation sites (tertiary alicyclic amines) is 1. The fourth-order valence-electron chi connectivity index (χ4n) is 2.81. The van der Waals surface area contributed by atoms with Gasteiger partial charge in [0.15, 0.2) is 0 Å². The number of thiophene rings is 1. The summed E-state index contributed by atoms with van der Waals surface area (Å²) in [7, 11) is 0. The number of amides is 1. The van der Waals surface area contributed by atoms with E-state index >= 15 is 0 Å². The Balaban J connectivity index is 1.86. The van der Waals surface area contributed by atoms with E-state index in [1.165, 1.54) is 17.7 Å². The minimum Gasteiger partial charge on any atom is -0.341 e. The Morgan fingerprint density at radius 1 is 1.33 bits per heavy atom.